The highest BCUT2D eigenvalue weighted by Crippen LogP contribution is 2.28. The number of hydrogen-bond acceptors (Lipinski definition) is 5. The zero-order valence-electron chi connectivity index (χ0n) is 21.3. The summed E-state index contributed by atoms with van der Waals surface area (Å²) in [5.41, 5.74) is 6.09. The highest BCUT2D eigenvalue weighted by molar-refractivity contribution is 5.51. The van der Waals surface area contributed by atoms with Gasteiger partial charge in [-0.1, -0.05) is 42.0 Å². The van der Waals surface area contributed by atoms with Crippen molar-refractivity contribution in [2.45, 2.75) is 65.4 Å². The number of aryl methyl sites for hydroxylation is 3. The minimum absolute atomic E-state index is 0.532. The third-order valence-electron chi connectivity index (χ3n) is 5.86. The number of rotatable bonds is 10. The van der Waals surface area contributed by atoms with E-state index in [1.165, 1.54) is 5.57 Å². The van der Waals surface area contributed by atoms with Gasteiger partial charge in [0.2, 0.25) is 5.88 Å². The van der Waals surface area contributed by atoms with Crippen LogP contribution in [0.15, 0.2) is 66.3 Å². The van der Waals surface area contributed by atoms with Crippen molar-refractivity contribution >= 4 is 6.08 Å². The molecule has 0 amide bonds. The second kappa shape index (κ2) is 13.2. The van der Waals surface area contributed by atoms with Gasteiger partial charge in [-0.05, 0) is 88.1 Å². The molecular weight excluding hydrogens is 436 g/mol. The minimum Gasteiger partial charge on any atom is -0.439 e. The van der Waals surface area contributed by atoms with E-state index >= 15 is 0 Å². The van der Waals surface area contributed by atoms with E-state index in [9.17, 15) is 5.11 Å². The first-order valence-corrected chi connectivity index (χ1v) is 12.4. The summed E-state index contributed by atoms with van der Waals surface area (Å²) in [4.78, 5) is 9.12. The second-order valence-electron chi connectivity index (χ2n) is 9.35. The first kappa shape index (κ1) is 26.6. The summed E-state index contributed by atoms with van der Waals surface area (Å²) >= 11 is 0. The van der Waals surface area contributed by atoms with Gasteiger partial charge in [0, 0.05) is 12.7 Å². The molecule has 0 radical (unpaired) electrons. The molecule has 0 aliphatic carbocycles. The van der Waals surface area contributed by atoms with Crippen molar-refractivity contribution in [2.75, 3.05) is 13.2 Å². The number of nitrogens with zero attached hydrogens (tertiary/aromatic N) is 2. The summed E-state index contributed by atoms with van der Waals surface area (Å²) in [5, 5.41) is 10.2. The maximum atomic E-state index is 10.2. The lowest BCUT2D eigenvalue weighted by Gasteiger charge is -2.12. The van der Waals surface area contributed by atoms with Crippen LogP contribution in [0.1, 0.15) is 61.7 Å². The van der Waals surface area contributed by atoms with Crippen LogP contribution in [0.2, 0.25) is 0 Å². The van der Waals surface area contributed by atoms with Crippen LogP contribution in [0.25, 0.3) is 6.08 Å². The Morgan fingerprint density at radius 2 is 2.00 bits per heavy atom. The van der Waals surface area contributed by atoms with Gasteiger partial charge in [0.25, 0.3) is 0 Å². The largest absolute Gasteiger partial charge is 0.439 e. The van der Waals surface area contributed by atoms with Gasteiger partial charge in [0.1, 0.15) is 11.6 Å². The lowest BCUT2D eigenvalue weighted by Crippen LogP contribution is -2.07. The first-order valence-electron chi connectivity index (χ1n) is 12.4. The molecule has 5 heteroatoms. The number of benzene rings is 1. The molecule has 3 rings (SSSR count). The van der Waals surface area contributed by atoms with Gasteiger partial charge in [0.05, 0.1) is 18.4 Å². The van der Waals surface area contributed by atoms with E-state index in [0.717, 1.165) is 73.5 Å². The third-order valence-corrected chi connectivity index (χ3v) is 5.86. The number of hydrogen-bond donors (Lipinski definition) is 1. The molecule has 2 aromatic rings. The third kappa shape index (κ3) is 8.93. The van der Waals surface area contributed by atoms with E-state index in [0.29, 0.717) is 23.7 Å². The first-order chi connectivity index (χ1) is 16.8. The second-order valence-corrected chi connectivity index (χ2v) is 9.35. The number of ether oxygens (including phenoxy) is 2. The molecule has 1 aromatic carbocycles. The van der Waals surface area contributed by atoms with Crippen LogP contribution < -0.4 is 4.74 Å². The number of aliphatic hydroxyl groups is 1. The van der Waals surface area contributed by atoms with Crippen LogP contribution >= 0.6 is 0 Å². The van der Waals surface area contributed by atoms with Crippen LogP contribution in [-0.2, 0) is 11.2 Å². The van der Waals surface area contributed by atoms with E-state index in [4.69, 9.17) is 9.47 Å². The molecule has 1 fully saturated rings. The lowest BCUT2D eigenvalue weighted by atomic mass is 10.0. The summed E-state index contributed by atoms with van der Waals surface area (Å²) in [6, 6.07) is 8.15. The van der Waals surface area contributed by atoms with Crippen LogP contribution in [-0.4, -0.2) is 34.4 Å². The average Bonchev–Trinajstić information content (AvgIpc) is 3.05. The molecule has 1 aliphatic rings. The fourth-order valence-corrected chi connectivity index (χ4v) is 4.00. The van der Waals surface area contributed by atoms with Crippen LogP contribution in [0.5, 0.6) is 11.6 Å². The Morgan fingerprint density at radius 1 is 1.17 bits per heavy atom. The van der Waals surface area contributed by atoms with Crippen molar-refractivity contribution in [3.05, 3.63) is 88.9 Å². The van der Waals surface area contributed by atoms with Crippen LogP contribution in [0, 0.1) is 13.8 Å². The predicted molar refractivity (Wildman–Crippen MR) is 143 cm³/mol. The Morgan fingerprint density at radius 3 is 2.80 bits per heavy atom. The van der Waals surface area contributed by atoms with Crippen LogP contribution in [0.3, 0.4) is 0 Å². The van der Waals surface area contributed by atoms with E-state index in [1.807, 2.05) is 38.1 Å². The number of allylic oxidation sites excluding steroid dienone is 1. The van der Waals surface area contributed by atoms with Gasteiger partial charge in [-0.3, -0.25) is 0 Å². The summed E-state index contributed by atoms with van der Waals surface area (Å²) in [6.45, 7) is 15.3. The van der Waals surface area contributed by atoms with Gasteiger partial charge in [0.15, 0.2) is 0 Å². The Hall–Kier alpha value is -3.02. The standard InChI is InChI=1S/C30H38N2O3/c1-21(2)17-28(33)23(4)9-6-7-11-26-13-12-22(3)18-29(26)35-30-20-27(31-24(5)32-30)19-25-10-8-15-34-16-14-25/h6,9,12-13,18-20,28,33H,1,4,7-8,10-11,14-17H2,2-3,5H3/b9-6-,25-19-. The van der Waals surface area contributed by atoms with Crippen LogP contribution in [0.4, 0.5) is 0 Å². The van der Waals surface area contributed by atoms with Crippen molar-refractivity contribution in [1.82, 2.24) is 9.97 Å². The molecule has 186 valence electrons. The zero-order chi connectivity index (χ0) is 25.2. The quantitative estimate of drug-likeness (QED) is 0.302. The Balaban J connectivity index is 1.70. The lowest BCUT2D eigenvalue weighted by molar-refractivity contribution is 0.146. The Bertz CT molecular complexity index is 1090. The molecule has 0 saturated carbocycles. The normalized spacial score (nSPS) is 16.3. The molecule has 1 unspecified atom stereocenters. The summed E-state index contributed by atoms with van der Waals surface area (Å²) < 4.78 is 11.9. The van der Waals surface area contributed by atoms with E-state index in [-0.39, 0.29) is 0 Å². The van der Waals surface area contributed by atoms with Crippen molar-refractivity contribution in [2.24, 2.45) is 0 Å². The maximum absolute atomic E-state index is 10.2. The molecule has 2 heterocycles. The molecule has 1 saturated heterocycles. The van der Waals surface area contributed by atoms with E-state index in [2.05, 4.69) is 48.3 Å². The monoisotopic (exact) mass is 474 g/mol. The van der Waals surface area contributed by atoms with E-state index < -0.39 is 6.10 Å². The van der Waals surface area contributed by atoms with Gasteiger partial charge in [-0.2, -0.15) is 4.98 Å². The maximum Gasteiger partial charge on any atom is 0.223 e. The molecule has 1 atom stereocenters. The molecular formula is C30H38N2O3. The van der Waals surface area contributed by atoms with Gasteiger partial charge in [-0.15, -0.1) is 6.58 Å². The van der Waals surface area contributed by atoms with Crippen molar-refractivity contribution < 1.29 is 14.6 Å². The van der Waals surface area contributed by atoms with Gasteiger partial charge < -0.3 is 14.6 Å². The fraction of sp³-hybridized carbons (Fsp3) is 0.400. The summed E-state index contributed by atoms with van der Waals surface area (Å²) in [6.07, 6.45) is 10.7. The fourth-order valence-electron chi connectivity index (χ4n) is 4.00. The highest BCUT2D eigenvalue weighted by Gasteiger charge is 2.11. The zero-order valence-corrected chi connectivity index (χ0v) is 21.3. The Labute approximate surface area is 209 Å². The summed E-state index contributed by atoms with van der Waals surface area (Å²) in [5.74, 6) is 2.04. The average molecular weight is 475 g/mol. The topological polar surface area (TPSA) is 64.5 Å². The van der Waals surface area contributed by atoms with Gasteiger partial charge in [-0.25, -0.2) is 4.98 Å². The van der Waals surface area contributed by atoms with Crippen molar-refractivity contribution in [3.8, 4) is 11.6 Å². The smallest absolute Gasteiger partial charge is 0.223 e. The molecule has 5 nitrogen and oxygen atoms in total. The van der Waals surface area contributed by atoms with Crippen molar-refractivity contribution in [1.29, 1.82) is 0 Å². The predicted octanol–water partition coefficient (Wildman–Crippen LogP) is 6.84. The SMILES string of the molecule is C=C(C)CC(O)C(=C)/C=C\CCc1ccc(C)cc1Oc1cc(/C=C2/CCCOCC2)nc(C)n1. The Kier molecular flexibility index (Phi) is 10.0. The molecule has 35 heavy (non-hydrogen) atoms. The highest BCUT2D eigenvalue weighted by atomic mass is 16.5. The molecule has 1 N–H and O–H groups in total. The molecule has 1 aromatic heterocycles. The molecule has 1 aliphatic heterocycles. The van der Waals surface area contributed by atoms with Crippen molar-refractivity contribution in [3.63, 3.8) is 0 Å². The minimum atomic E-state index is -0.585. The number of aliphatic hydroxyl groups excluding tert-OH is 1. The summed E-state index contributed by atoms with van der Waals surface area (Å²) in [7, 11) is 0. The molecule has 0 bridgehead atoms. The molecule has 0 spiro atoms. The van der Waals surface area contributed by atoms with E-state index in [1.54, 1.807) is 0 Å². The van der Waals surface area contributed by atoms with Gasteiger partial charge >= 0.3 is 0 Å². The number of aromatic nitrogens is 2.